The first-order valence-electron chi connectivity index (χ1n) is 8.28. The molecule has 1 aliphatic rings. The van der Waals surface area contributed by atoms with Gasteiger partial charge in [-0.3, -0.25) is 4.79 Å². The third-order valence-electron chi connectivity index (χ3n) is 4.31. The summed E-state index contributed by atoms with van der Waals surface area (Å²) < 4.78 is 0. The van der Waals surface area contributed by atoms with Crippen LogP contribution in [0.5, 0.6) is 0 Å². The lowest BCUT2D eigenvalue weighted by Gasteiger charge is -2.35. The van der Waals surface area contributed by atoms with Gasteiger partial charge in [-0.1, -0.05) is 26.0 Å². The van der Waals surface area contributed by atoms with Gasteiger partial charge in [-0.15, -0.1) is 0 Å². The number of nitrogens with one attached hydrogen (secondary N) is 1. The highest BCUT2D eigenvalue weighted by Gasteiger charge is 2.25. The maximum Gasteiger partial charge on any atom is 0.221 e. The number of rotatable bonds is 6. The van der Waals surface area contributed by atoms with Crippen LogP contribution in [0.2, 0.25) is 0 Å². The van der Waals surface area contributed by atoms with E-state index >= 15 is 0 Å². The van der Waals surface area contributed by atoms with Gasteiger partial charge in [-0.25, -0.2) is 0 Å². The zero-order valence-electron chi connectivity index (χ0n) is 13.6. The van der Waals surface area contributed by atoms with E-state index in [0.717, 1.165) is 18.5 Å². The summed E-state index contributed by atoms with van der Waals surface area (Å²) in [5.74, 6) is 0.0181. The van der Waals surface area contributed by atoms with Crippen molar-refractivity contribution in [3.63, 3.8) is 0 Å². The molecule has 1 aliphatic carbocycles. The van der Waals surface area contributed by atoms with Crippen LogP contribution in [-0.4, -0.2) is 29.9 Å². The molecule has 0 bridgehead atoms. The van der Waals surface area contributed by atoms with E-state index in [1.807, 2.05) is 6.07 Å². The van der Waals surface area contributed by atoms with Gasteiger partial charge in [0.1, 0.15) is 0 Å². The average molecular weight is 288 g/mol. The smallest absolute Gasteiger partial charge is 0.221 e. The molecule has 1 aromatic carbocycles. The van der Waals surface area contributed by atoms with Crippen LogP contribution in [0, 0.1) is 0 Å². The Morgan fingerprint density at radius 1 is 1.29 bits per heavy atom. The first kappa shape index (κ1) is 16.0. The van der Waals surface area contributed by atoms with Crippen LogP contribution in [0.25, 0.3) is 0 Å². The summed E-state index contributed by atoms with van der Waals surface area (Å²) in [6.45, 7) is 8.44. The largest absolute Gasteiger partial charge is 0.326 e. The van der Waals surface area contributed by atoms with Gasteiger partial charge in [0.05, 0.1) is 0 Å². The van der Waals surface area contributed by atoms with Crippen molar-refractivity contribution in [2.45, 2.75) is 58.9 Å². The molecule has 3 heteroatoms. The summed E-state index contributed by atoms with van der Waals surface area (Å²) in [6.07, 6.45) is 5.83. The number of aryl methyl sites for hydroxylation is 1. The molecule has 1 atom stereocenters. The molecule has 0 radical (unpaired) electrons. The van der Waals surface area contributed by atoms with Crippen molar-refractivity contribution in [1.82, 2.24) is 4.90 Å². The van der Waals surface area contributed by atoms with E-state index in [0.29, 0.717) is 6.04 Å². The standard InChI is InChI=1S/C18H28N2O/c1-4-11-20(12-5-2)16-10-9-15-7-6-8-18(17(15)13-16)19-14(3)21/h6-8,16H,4-5,9-13H2,1-3H3,(H,19,21). The second-order valence-corrected chi connectivity index (χ2v) is 6.06. The highest BCUT2D eigenvalue weighted by Crippen LogP contribution is 2.30. The molecule has 0 saturated carbocycles. The first-order chi connectivity index (χ1) is 10.2. The quantitative estimate of drug-likeness (QED) is 0.867. The molecule has 1 unspecified atom stereocenters. The van der Waals surface area contributed by atoms with Gasteiger partial charge in [0.2, 0.25) is 5.91 Å². The molecule has 3 nitrogen and oxygen atoms in total. The van der Waals surface area contributed by atoms with Crippen LogP contribution in [0.3, 0.4) is 0 Å². The molecule has 0 aromatic heterocycles. The highest BCUT2D eigenvalue weighted by atomic mass is 16.1. The maximum atomic E-state index is 11.4. The van der Waals surface area contributed by atoms with E-state index < -0.39 is 0 Å². The average Bonchev–Trinajstić information content (AvgIpc) is 2.46. The minimum Gasteiger partial charge on any atom is -0.326 e. The lowest BCUT2D eigenvalue weighted by atomic mass is 9.86. The molecule has 116 valence electrons. The van der Waals surface area contributed by atoms with Crippen LogP contribution in [0.15, 0.2) is 18.2 Å². The van der Waals surface area contributed by atoms with E-state index in [1.54, 1.807) is 6.92 Å². The van der Waals surface area contributed by atoms with E-state index in [4.69, 9.17) is 0 Å². The van der Waals surface area contributed by atoms with Crippen LogP contribution < -0.4 is 5.32 Å². The van der Waals surface area contributed by atoms with Gasteiger partial charge >= 0.3 is 0 Å². The summed E-state index contributed by atoms with van der Waals surface area (Å²) in [5.41, 5.74) is 3.77. The molecule has 0 spiro atoms. The zero-order chi connectivity index (χ0) is 15.2. The lowest BCUT2D eigenvalue weighted by Crippen LogP contribution is -2.40. The second-order valence-electron chi connectivity index (χ2n) is 6.06. The zero-order valence-corrected chi connectivity index (χ0v) is 13.6. The molecule has 1 N–H and O–H groups in total. The van der Waals surface area contributed by atoms with Crippen molar-refractivity contribution in [3.8, 4) is 0 Å². The van der Waals surface area contributed by atoms with Gasteiger partial charge < -0.3 is 10.2 Å². The van der Waals surface area contributed by atoms with Gasteiger partial charge in [-0.05, 0) is 62.4 Å². The molecule has 1 amide bonds. The van der Waals surface area contributed by atoms with Crippen molar-refractivity contribution >= 4 is 11.6 Å². The van der Waals surface area contributed by atoms with Crippen molar-refractivity contribution < 1.29 is 4.79 Å². The van der Waals surface area contributed by atoms with Crippen molar-refractivity contribution in [1.29, 1.82) is 0 Å². The molecule has 21 heavy (non-hydrogen) atoms. The molecular formula is C18H28N2O. The summed E-state index contributed by atoms with van der Waals surface area (Å²) in [4.78, 5) is 14.0. The molecule has 0 saturated heterocycles. The van der Waals surface area contributed by atoms with E-state index in [2.05, 4.69) is 36.2 Å². The Morgan fingerprint density at radius 2 is 2.00 bits per heavy atom. The molecule has 2 rings (SSSR count). The van der Waals surface area contributed by atoms with Gasteiger partial charge in [0.15, 0.2) is 0 Å². The monoisotopic (exact) mass is 288 g/mol. The Balaban J connectivity index is 2.19. The van der Waals surface area contributed by atoms with Gasteiger partial charge in [-0.2, -0.15) is 0 Å². The normalized spacial score (nSPS) is 17.6. The molecule has 0 fully saturated rings. The highest BCUT2D eigenvalue weighted by molar-refractivity contribution is 5.89. The Hall–Kier alpha value is -1.35. The SMILES string of the molecule is CCCN(CCC)C1CCc2cccc(NC(C)=O)c2C1. The topological polar surface area (TPSA) is 32.3 Å². The van der Waals surface area contributed by atoms with E-state index in [9.17, 15) is 4.79 Å². The molecular weight excluding hydrogens is 260 g/mol. The summed E-state index contributed by atoms with van der Waals surface area (Å²) in [5, 5.41) is 3.00. The maximum absolute atomic E-state index is 11.4. The van der Waals surface area contributed by atoms with Crippen LogP contribution in [0.4, 0.5) is 5.69 Å². The molecule has 0 heterocycles. The molecule has 0 aliphatic heterocycles. The van der Waals surface area contributed by atoms with Crippen molar-refractivity contribution in [3.05, 3.63) is 29.3 Å². The Morgan fingerprint density at radius 3 is 2.62 bits per heavy atom. The number of hydrogen-bond acceptors (Lipinski definition) is 2. The van der Waals surface area contributed by atoms with Gasteiger partial charge in [0, 0.05) is 18.7 Å². The number of amides is 1. The third-order valence-corrected chi connectivity index (χ3v) is 4.31. The van der Waals surface area contributed by atoms with Crippen molar-refractivity contribution in [2.75, 3.05) is 18.4 Å². The Kier molecular flexibility index (Phi) is 5.80. The number of carbonyl (C=O) groups excluding carboxylic acids is 1. The van der Waals surface area contributed by atoms with Crippen LogP contribution >= 0.6 is 0 Å². The van der Waals surface area contributed by atoms with E-state index in [-0.39, 0.29) is 5.91 Å². The van der Waals surface area contributed by atoms with Crippen LogP contribution in [0.1, 0.15) is 51.2 Å². The van der Waals surface area contributed by atoms with Gasteiger partial charge in [0.25, 0.3) is 0 Å². The summed E-state index contributed by atoms with van der Waals surface area (Å²) >= 11 is 0. The minimum atomic E-state index is 0.0181. The minimum absolute atomic E-state index is 0.0181. The fourth-order valence-electron chi connectivity index (χ4n) is 3.44. The fraction of sp³-hybridized carbons (Fsp3) is 0.611. The second kappa shape index (κ2) is 7.60. The number of nitrogens with zero attached hydrogens (tertiary/aromatic N) is 1. The predicted molar refractivity (Wildman–Crippen MR) is 88.7 cm³/mol. The number of anilines is 1. The molecule has 1 aromatic rings. The number of fused-ring (bicyclic) bond motifs is 1. The van der Waals surface area contributed by atoms with Crippen LogP contribution in [-0.2, 0) is 17.6 Å². The summed E-state index contributed by atoms with van der Waals surface area (Å²) in [6, 6.07) is 6.92. The first-order valence-corrected chi connectivity index (χ1v) is 8.28. The third kappa shape index (κ3) is 4.07. The number of hydrogen-bond donors (Lipinski definition) is 1. The number of benzene rings is 1. The summed E-state index contributed by atoms with van der Waals surface area (Å²) in [7, 11) is 0. The Labute approximate surface area is 128 Å². The predicted octanol–water partition coefficient (Wildman–Crippen LogP) is 3.62. The lowest BCUT2D eigenvalue weighted by molar-refractivity contribution is -0.114. The van der Waals surface area contributed by atoms with E-state index in [1.165, 1.54) is 43.5 Å². The van der Waals surface area contributed by atoms with Crippen molar-refractivity contribution in [2.24, 2.45) is 0 Å². The Bertz CT molecular complexity index is 478. The fourth-order valence-corrected chi connectivity index (χ4v) is 3.44. The number of carbonyl (C=O) groups is 1.